The standard InChI is InChI=1S/C6H12N4O/c1-2-10-4-5(8-9-10)6(11)3-7/h4,6,11H,2-3,7H2,1H3/t6-/m1/s1. The number of aliphatic hydroxyl groups is 1. The van der Waals surface area contributed by atoms with Gasteiger partial charge in [0.25, 0.3) is 0 Å². The van der Waals surface area contributed by atoms with Crippen LogP contribution in [0.4, 0.5) is 0 Å². The van der Waals surface area contributed by atoms with Crippen molar-refractivity contribution in [1.29, 1.82) is 0 Å². The highest BCUT2D eigenvalue weighted by Gasteiger charge is 2.08. The number of nitrogens with two attached hydrogens (primary N) is 1. The second-order valence-electron chi connectivity index (χ2n) is 2.25. The Labute approximate surface area is 64.8 Å². The highest BCUT2D eigenvalue weighted by Crippen LogP contribution is 2.05. The Morgan fingerprint density at radius 3 is 3.00 bits per heavy atom. The zero-order valence-corrected chi connectivity index (χ0v) is 6.44. The van der Waals surface area contributed by atoms with Gasteiger partial charge in [-0.25, -0.2) is 0 Å². The van der Waals surface area contributed by atoms with Gasteiger partial charge in [-0.05, 0) is 6.92 Å². The van der Waals surface area contributed by atoms with Crippen molar-refractivity contribution in [2.75, 3.05) is 6.54 Å². The summed E-state index contributed by atoms with van der Waals surface area (Å²) in [6.07, 6.45) is 1.01. The minimum absolute atomic E-state index is 0.183. The lowest BCUT2D eigenvalue weighted by molar-refractivity contribution is 0.181. The van der Waals surface area contributed by atoms with Crippen molar-refractivity contribution in [3.8, 4) is 0 Å². The average molecular weight is 156 g/mol. The van der Waals surface area contributed by atoms with Crippen LogP contribution in [0.1, 0.15) is 18.7 Å². The molecule has 0 fully saturated rings. The molecule has 0 aliphatic rings. The minimum Gasteiger partial charge on any atom is -0.385 e. The number of aromatic nitrogens is 3. The van der Waals surface area contributed by atoms with Crippen LogP contribution in [0.3, 0.4) is 0 Å². The Morgan fingerprint density at radius 2 is 2.55 bits per heavy atom. The van der Waals surface area contributed by atoms with Crippen LogP contribution in [-0.2, 0) is 6.54 Å². The van der Waals surface area contributed by atoms with Crippen molar-refractivity contribution in [3.05, 3.63) is 11.9 Å². The summed E-state index contributed by atoms with van der Waals surface area (Å²) in [4.78, 5) is 0. The highest BCUT2D eigenvalue weighted by atomic mass is 16.3. The second kappa shape index (κ2) is 3.45. The Kier molecular flexibility index (Phi) is 2.56. The van der Waals surface area contributed by atoms with Crippen LogP contribution in [0.5, 0.6) is 0 Å². The minimum atomic E-state index is -0.685. The zero-order chi connectivity index (χ0) is 8.27. The predicted octanol–water partition coefficient (Wildman–Crippen LogP) is -0.710. The zero-order valence-electron chi connectivity index (χ0n) is 6.44. The first-order valence-electron chi connectivity index (χ1n) is 3.56. The van der Waals surface area contributed by atoms with Crippen molar-refractivity contribution in [1.82, 2.24) is 15.0 Å². The van der Waals surface area contributed by atoms with Crippen LogP contribution in [0.15, 0.2) is 6.20 Å². The fraction of sp³-hybridized carbons (Fsp3) is 0.667. The Balaban J connectivity index is 2.71. The van der Waals surface area contributed by atoms with E-state index >= 15 is 0 Å². The number of aliphatic hydroxyl groups excluding tert-OH is 1. The van der Waals surface area contributed by atoms with Crippen LogP contribution in [0.2, 0.25) is 0 Å². The fourth-order valence-electron chi connectivity index (χ4n) is 0.741. The predicted molar refractivity (Wildman–Crippen MR) is 39.7 cm³/mol. The van der Waals surface area contributed by atoms with Gasteiger partial charge in [-0.15, -0.1) is 5.10 Å². The molecule has 0 saturated carbocycles. The maximum Gasteiger partial charge on any atom is 0.112 e. The number of hydrogen-bond acceptors (Lipinski definition) is 4. The molecule has 3 N–H and O–H groups in total. The number of rotatable bonds is 3. The molecule has 11 heavy (non-hydrogen) atoms. The van der Waals surface area contributed by atoms with E-state index in [4.69, 9.17) is 5.73 Å². The van der Waals surface area contributed by atoms with Gasteiger partial charge in [-0.2, -0.15) is 0 Å². The van der Waals surface area contributed by atoms with Crippen molar-refractivity contribution in [3.63, 3.8) is 0 Å². The lowest BCUT2D eigenvalue weighted by Gasteiger charge is -1.99. The summed E-state index contributed by atoms with van der Waals surface area (Å²) in [5.74, 6) is 0. The summed E-state index contributed by atoms with van der Waals surface area (Å²) in [6, 6.07) is 0. The Hall–Kier alpha value is -0.940. The molecule has 1 heterocycles. The SMILES string of the molecule is CCn1cc([C@H](O)CN)nn1. The normalized spacial score (nSPS) is 13.4. The van der Waals surface area contributed by atoms with E-state index in [2.05, 4.69) is 10.3 Å². The first-order chi connectivity index (χ1) is 5.27. The molecule has 0 saturated heterocycles. The maximum atomic E-state index is 9.20. The molecule has 5 heteroatoms. The molecule has 0 radical (unpaired) electrons. The average Bonchev–Trinajstić information content (AvgIpc) is 2.50. The summed E-state index contributed by atoms with van der Waals surface area (Å²) in [7, 11) is 0. The van der Waals surface area contributed by atoms with E-state index in [9.17, 15) is 5.11 Å². The van der Waals surface area contributed by atoms with Crippen LogP contribution in [0.25, 0.3) is 0 Å². The summed E-state index contributed by atoms with van der Waals surface area (Å²) in [6.45, 7) is 2.89. The highest BCUT2D eigenvalue weighted by molar-refractivity contribution is 4.97. The van der Waals surface area contributed by atoms with E-state index in [1.165, 1.54) is 0 Å². The van der Waals surface area contributed by atoms with E-state index in [0.29, 0.717) is 5.69 Å². The maximum absolute atomic E-state index is 9.20. The van der Waals surface area contributed by atoms with Gasteiger partial charge in [0, 0.05) is 13.1 Å². The van der Waals surface area contributed by atoms with Crippen molar-refractivity contribution in [2.45, 2.75) is 19.6 Å². The largest absolute Gasteiger partial charge is 0.385 e. The molecule has 62 valence electrons. The molecule has 1 rings (SSSR count). The van der Waals surface area contributed by atoms with E-state index in [-0.39, 0.29) is 6.54 Å². The lowest BCUT2D eigenvalue weighted by Crippen LogP contribution is -2.11. The molecule has 0 aromatic carbocycles. The van der Waals surface area contributed by atoms with Gasteiger partial charge in [-0.3, -0.25) is 4.68 Å². The molecule has 1 aromatic heterocycles. The number of aryl methyl sites for hydroxylation is 1. The van der Waals surface area contributed by atoms with Crippen LogP contribution in [-0.4, -0.2) is 26.6 Å². The van der Waals surface area contributed by atoms with Gasteiger partial charge in [-0.1, -0.05) is 5.21 Å². The van der Waals surface area contributed by atoms with Crippen LogP contribution < -0.4 is 5.73 Å². The van der Waals surface area contributed by atoms with Gasteiger partial charge in [0.05, 0.1) is 6.20 Å². The number of nitrogens with zero attached hydrogens (tertiary/aromatic N) is 3. The molecule has 0 unspecified atom stereocenters. The molecule has 0 amide bonds. The van der Waals surface area contributed by atoms with Crippen LogP contribution in [0, 0.1) is 0 Å². The third kappa shape index (κ3) is 1.75. The third-order valence-electron chi connectivity index (χ3n) is 1.45. The van der Waals surface area contributed by atoms with Crippen molar-refractivity contribution in [2.24, 2.45) is 5.73 Å². The molecule has 0 spiro atoms. The van der Waals surface area contributed by atoms with E-state index in [1.807, 2.05) is 6.92 Å². The first kappa shape index (κ1) is 8.16. The summed E-state index contributed by atoms with van der Waals surface area (Å²) in [5.41, 5.74) is 5.76. The first-order valence-corrected chi connectivity index (χ1v) is 3.56. The Bertz CT molecular complexity index is 222. The van der Waals surface area contributed by atoms with Crippen molar-refractivity contribution < 1.29 is 5.11 Å². The van der Waals surface area contributed by atoms with Crippen molar-refractivity contribution >= 4 is 0 Å². The summed E-state index contributed by atoms with van der Waals surface area (Å²) < 4.78 is 1.65. The van der Waals surface area contributed by atoms with E-state index in [0.717, 1.165) is 6.54 Å². The Morgan fingerprint density at radius 1 is 1.82 bits per heavy atom. The van der Waals surface area contributed by atoms with E-state index in [1.54, 1.807) is 10.9 Å². The smallest absolute Gasteiger partial charge is 0.112 e. The summed E-state index contributed by atoms with van der Waals surface area (Å²) in [5, 5.41) is 16.7. The van der Waals surface area contributed by atoms with Gasteiger partial charge in [0.15, 0.2) is 0 Å². The van der Waals surface area contributed by atoms with Crippen LogP contribution >= 0.6 is 0 Å². The molecule has 1 aromatic rings. The molecule has 0 bridgehead atoms. The third-order valence-corrected chi connectivity index (χ3v) is 1.45. The number of hydrogen-bond donors (Lipinski definition) is 2. The molecule has 1 atom stereocenters. The monoisotopic (exact) mass is 156 g/mol. The van der Waals surface area contributed by atoms with Gasteiger partial charge in [0.1, 0.15) is 11.8 Å². The molecular weight excluding hydrogens is 144 g/mol. The quantitative estimate of drug-likeness (QED) is 0.606. The second-order valence-corrected chi connectivity index (χ2v) is 2.25. The summed E-state index contributed by atoms with van der Waals surface area (Å²) >= 11 is 0. The fourth-order valence-corrected chi connectivity index (χ4v) is 0.741. The molecular formula is C6H12N4O. The molecule has 5 nitrogen and oxygen atoms in total. The van der Waals surface area contributed by atoms with Gasteiger partial charge < -0.3 is 10.8 Å². The molecule has 0 aliphatic heterocycles. The molecule has 0 aliphatic carbocycles. The topological polar surface area (TPSA) is 77.0 Å². The van der Waals surface area contributed by atoms with Gasteiger partial charge >= 0.3 is 0 Å². The lowest BCUT2D eigenvalue weighted by atomic mass is 10.3. The van der Waals surface area contributed by atoms with E-state index < -0.39 is 6.10 Å². The van der Waals surface area contributed by atoms with Gasteiger partial charge in [0.2, 0.25) is 0 Å².